The van der Waals surface area contributed by atoms with Gasteiger partial charge < -0.3 is 4.42 Å². The van der Waals surface area contributed by atoms with Crippen molar-refractivity contribution in [1.82, 2.24) is 4.57 Å². The van der Waals surface area contributed by atoms with E-state index in [0.29, 0.717) is 12.1 Å². The molecule has 0 saturated carbocycles. The highest BCUT2D eigenvalue weighted by Gasteiger charge is 2.18. The van der Waals surface area contributed by atoms with Gasteiger partial charge in [-0.3, -0.25) is 4.57 Å². The molecule has 1 atom stereocenters. The number of benzene rings is 1. The molecule has 0 bridgehead atoms. The maximum Gasteiger partial charge on any atom is 0.419 e. The molecule has 110 valence electrons. The number of nitrogens with zero attached hydrogens (tertiary/aromatic N) is 1. The van der Waals surface area contributed by atoms with Crippen LogP contribution in [-0.4, -0.2) is 4.57 Å². The SMILES string of the molecule is CCn1c(=O)oc2cc(C(Cl)c3cc(Br)sc3Br)ccc21. The summed E-state index contributed by atoms with van der Waals surface area (Å²) in [7, 11) is 0. The van der Waals surface area contributed by atoms with E-state index in [4.69, 9.17) is 16.0 Å². The molecule has 0 aliphatic heterocycles. The number of aryl methyl sites for hydroxylation is 1. The van der Waals surface area contributed by atoms with Crippen molar-refractivity contribution in [3.63, 3.8) is 0 Å². The molecule has 0 aliphatic carbocycles. The van der Waals surface area contributed by atoms with Crippen molar-refractivity contribution in [2.45, 2.75) is 18.8 Å². The molecule has 3 nitrogen and oxygen atoms in total. The molecule has 0 N–H and O–H groups in total. The lowest BCUT2D eigenvalue weighted by Gasteiger charge is -2.09. The predicted octanol–water partition coefficient (Wildman–Crippen LogP) is 5.53. The van der Waals surface area contributed by atoms with Crippen LogP contribution in [-0.2, 0) is 6.54 Å². The molecule has 1 aromatic carbocycles. The van der Waals surface area contributed by atoms with E-state index in [2.05, 4.69) is 31.9 Å². The maximum atomic E-state index is 11.7. The molecule has 7 heteroatoms. The van der Waals surface area contributed by atoms with Gasteiger partial charge in [0.25, 0.3) is 0 Å². The van der Waals surface area contributed by atoms with E-state index in [-0.39, 0.29) is 11.1 Å². The van der Waals surface area contributed by atoms with Crippen molar-refractivity contribution in [2.24, 2.45) is 0 Å². The van der Waals surface area contributed by atoms with Crippen molar-refractivity contribution in [2.75, 3.05) is 0 Å². The van der Waals surface area contributed by atoms with Gasteiger partial charge in [-0.15, -0.1) is 22.9 Å². The fourth-order valence-corrected chi connectivity index (χ4v) is 5.65. The second-order valence-electron chi connectivity index (χ2n) is 4.48. The highest BCUT2D eigenvalue weighted by Crippen LogP contribution is 2.41. The number of rotatable bonds is 3. The number of alkyl halides is 1. The number of thiophene rings is 1. The summed E-state index contributed by atoms with van der Waals surface area (Å²) < 4.78 is 8.88. The molecule has 0 saturated heterocycles. The quantitative estimate of drug-likeness (QED) is 0.491. The van der Waals surface area contributed by atoms with E-state index in [9.17, 15) is 4.79 Å². The lowest BCUT2D eigenvalue weighted by Crippen LogP contribution is -2.11. The highest BCUT2D eigenvalue weighted by atomic mass is 79.9. The zero-order valence-corrected chi connectivity index (χ0v) is 15.6. The smallest absolute Gasteiger partial charge is 0.408 e. The Hall–Kier alpha value is -0.560. The Labute approximate surface area is 146 Å². The Morgan fingerprint density at radius 2 is 2.14 bits per heavy atom. The van der Waals surface area contributed by atoms with Gasteiger partial charge in [-0.25, -0.2) is 4.79 Å². The van der Waals surface area contributed by atoms with Gasteiger partial charge in [-0.1, -0.05) is 6.07 Å². The van der Waals surface area contributed by atoms with Crippen LogP contribution >= 0.6 is 54.8 Å². The Kier molecular flexibility index (Phi) is 4.32. The summed E-state index contributed by atoms with van der Waals surface area (Å²) in [6.45, 7) is 2.49. The van der Waals surface area contributed by atoms with Gasteiger partial charge in [0.05, 0.1) is 18.5 Å². The minimum Gasteiger partial charge on any atom is -0.408 e. The van der Waals surface area contributed by atoms with E-state index in [1.54, 1.807) is 15.9 Å². The Bertz CT molecular complexity index is 868. The van der Waals surface area contributed by atoms with Crippen LogP contribution in [0.25, 0.3) is 11.1 Å². The first-order chi connectivity index (χ1) is 10.0. The molecule has 0 fully saturated rings. The zero-order valence-electron chi connectivity index (χ0n) is 10.9. The third-order valence-electron chi connectivity index (χ3n) is 3.26. The fourth-order valence-electron chi connectivity index (χ4n) is 2.25. The topological polar surface area (TPSA) is 35.1 Å². The Morgan fingerprint density at radius 1 is 1.38 bits per heavy atom. The van der Waals surface area contributed by atoms with Crippen LogP contribution in [0.15, 0.2) is 41.0 Å². The molecular weight excluding hydrogens is 441 g/mol. The van der Waals surface area contributed by atoms with Crippen LogP contribution in [0, 0.1) is 0 Å². The van der Waals surface area contributed by atoms with Gasteiger partial charge in [0.1, 0.15) is 0 Å². The van der Waals surface area contributed by atoms with Crippen molar-refractivity contribution >= 4 is 65.9 Å². The molecule has 0 amide bonds. The van der Waals surface area contributed by atoms with Crippen molar-refractivity contribution in [3.8, 4) is 0 Å². The van der Waals surface area contributed by atoms with E-state index in [1.807, 2.05) is 31.2 Å². The maximum absolute atomic E-state index is 11.7. The van der Waals surface area contributed by atoms with Gasteiger partial charge >= 0.3 is 5.76 Å². The lowest BCUT2D eigenvalue weighted by atomic mass is 10.1. The monoisotopic (exact) mass is 449 g/mol. The first-order valence-electron chi connectivity index (χ1n) is 6.23. The predicted molar refractivity (Wildman–Crippen MR) is 93.6 cm³/mol. The van der Waals surface area contributed by atoms with Crippen molar-refractivity contribution in [3.05, 3.63) is 53.5 Å². The van der Waals surface area contributed by atoms with E-state index < -0.39 is 0 Å². The minimum atomic E-state index is -0.338. The average molecular weight is 452 g/mol. The summed E-state index contributed by atoms with van der Waals surface area (Å²) in [5, 5.41) is -0.304. The molecule has 0 spiro atoms. The molecule has 0 radical (unpaired) electrons. The highest BCUT2D eigenvalue weighted by molar-refractivity contribution is 9.12. The lowest BCUT2D eigenvalue weighted by molar-refractivity contribution is 0.513. The van der Waals surface area contributed by atoms with Crippen LogP contribution in [0.5, 0.6) is 0 Å². The number of halogens is 3. The van der Waals surface area contributed by atoms with Crippen LogP contribution < -0.4 is 5.76 Å². The fraction of sp³-hybridized carbons (Fsp3) is 0.214. The molecular formula is C14H10Br2ClNO2S. The van der Waals surface area contributed by atoms with Gasteiger partial charge in [-0.2, -0.15) is 0 Å². The molecule has 2 aromatic heterocycles. The van der Waals surface area contributed by atoms with Crippen LogP contribution in [0.3, 0.4) is 0 Å². The second-order valence-corrected chi connectivity index (χ2v) is 8.67. The first-order valence-corrected chi connectivity index (χ1v) is 9.07. The minimum absolute atomic E-state index is 0.304. The summed E-state index contributed by atoms with van der Waals surface area (Å²) in [6, 6.07) is 7.63. The summed E-state index contributed by atoms with van der Waals surface area (Å²) in [5.74, 6) is -0.338. The van der Waals surface area contributed by atoms with Gasteiger partial charge in [0.15, 0.2) is 5.58 Å². The van der Waals surface area contributed by atoms with Crippen LogP contribution in [0.1, 0.15) is 23.4 Å². The molecule has 2 heterocycles. The van der Waals surface area contributed by atoms with Crippen molar-refractivity contribution in [1.29, 1.82) is 0 Å². The molecule has 0 aliphatic rings. The summed E-state index contributed by atoms with van der Waals surface area (Å²) in [5.41, 5.74) is 3.24. The first kappa shape index (κ1) is 15.3. The number of aromatic nitrogens is 1. The second kappa shape index (κ2) is 5.91. The van der Waals surface area contributed by atoms with Gasteiger partial charge in [0.2, 0.25) is 0 Å². The third kappa shape index (κ3) is 2.74. The number of hydrogen-bond donors (Lipinski definition) is 0. The number of hydrogen-bond acceptors (Lipinski definition) is 3. The third-order valence-corrected chi connectivity index (χ3v) is 6.13. The summed E-state index contributed by atoms with van der Waals surface area (Å²) >= 11 is 15.1. The summed E-state index contributed by atoms with van der Waals surface area (Å²) in [4.78, 5) is 11.7. The zero-order chi connectivity index (χ0) is 15.1. The van der Waals surface area contributed by atoms with Crippen LogP contribution in [0.2, 0.25) is 0 Å². The van der Waals surface area contributed by atoms with Crippen molar-refractivity contribution < 1.29 is 4.42 Å². The molecule has 1 unspecified atom stereocenters. The van der Waals surface area contributed by atoms with E-state index in [1.165, 1.54) is 0 Å². The van der Waals surface area contributed by atoms with E-state index in [0.717, 1.165) is 24.2 Å². The molecule has 3 aromatic rings. The standard InChI is InChI=1S/C14H10Br2ClNO2S/c1-2-18-9-4-3-7(5-10(9)20-14(18)19)12(17)8-6-11(15)21-13(8)16/h3-6,12H,2H2,1H3. The van der Waals surface area contributed by atoms with Gasteiger partial charge in [0, 0.05) is 12.1 Å². The van der Waals surface area contributed by atoms with Crippen LogP contribution in [0.4, 0.5) is 0 Å². The summed E-state index contributed by atoms with van der Waals surface area (Å²) in [6.07, 6.45) is 0. The largest absolute Gasteiger partial charge is 0.419 e. The Balaban J connectivity index is 2.09. The number of oxazole rings is 1. The molecule has 3 rings (SSSR count). The Morgan fingerprint density at radius 3 is 2.76 bits per heavy atom. The average Bonchev–Trinajstić information content (AvgIpc) is 2.95. The normalized spacial score (nSPS) is 13.0. The van der Waals surface area contributed by atoms with E-state index >= 15 is 0 Å². The van der Waals surface area contributed by atoms with Gasteiger partial charge in [-0.05, 0) is 62.5 Å². The number of fused-ring (bicyclic) bond motifs is 1. The molecule has 21 heavy (non-hydrogen) atoms.